The van der Waals surface area contributed by atoms with Crippen molar-refractivity contribution in [3.63, 3.8) is 0 Å². The summed E-state index contributed by atoms with van der Waals surface area (Å²) >= 11 is 0. The lowest BCUT2D eigenvalue weighted by Gasteiger charge is -2.29. The van der Waals surface area contributed by atoms with Crippen molar-refractivity contribution < 1.29 is 5.11 Å². The van der Waals surface area contributed by atoms with Crippen LogP contribution in [0.2, 0.25) is 0 Å². The molecule has 3 heteroatoms. The second-order valence-corrected chi connectivity index (χ2v) is 7.04. The van der Waals surface area contributed by atoms with Gasteiger partial charge in [0.05, 0.1) is 12.1 Å². The predicted octanol–water partition coefficient (Wildman–Crippen LogP) is 3.42. The van der Waals surface area contributed by atoms with E-state index in [1.807, 2.05) is 6.07 Å². The molecule has 0 radical (unpaired) electrons. The Morgan fingerprint density at radius 3 is 2.50 bits per heavy atom. The third kappa shape index (κ3) is 3.19. The minimum atomic E-state index is -0.324. The molecule has 0 saturated carbocycles. The molecule has 0 spiro atoms. The second-order valence-electron chi connectivity index (χ2n) is 7.04. The molecule has 0 aromatic heterocycles. The van der Waals surface area contributed by atoms with Crippen molar-refractivity contribution >= 4 is 5.69 Å². The smallest absolute Gasteiger partial charge is 0.0775 e. The summed E-state index contributed by atoms with van der Waals surface area (Å²) in [5, 5.41) is 13.9. The van der Waals surface area contributed by atoms with Gasteiger partial charge in [0, 0.05) is 31.7 Å². The summed E-state index contributed by atoms with van der Waals surface area (Å²) in [5.74, 6) is 0. The molecular formula is C21H26N2O. The van der Waals surface area contributed by atoms with E-state index >= 15 is 0 Å². The molecule has 2 aromatic carbocycles. The molecule has 0 unspecified atom stereocenters. The van der Waals surface area contributed by atoms with E-state index in [9.17, 15) is 5.11 Å². The third-order valence-electron chi connectivity index (χ3n) is 5.39. The molecule has 4 rings (SSSR count). The molecule has 1 fully saturated rings. The molecule has 0 amide bonds. The number of anilines is 1. The zero-order chi connectivity index (χ0) is 16.4. The van der Waals surface area contributed by atoms with Crippen LogP contribution < -0.4 is 10.2 Å². The summed E-state index contributed by atoms with van der Waals surface area (Å²) in [5.41, 5.74) is 5.12. The number of nitrogens with one attached hydrogen (secondary N) is 1. The van der Waals surface area contributed by atoms with Crippen molar-refractivity contribution in [2.24, 2.45) is 0 Å². The largest absolute Gasteiger partial charge is 0.391 e. The zero-order valence-corrected chi connectivity index (χ0v) is 14.1. The highest BCUT2D eigenvalue weighted by atomic mass is 16.3. The van der Waals surface area contributed by atoms with Gasteiger partial charge in [-0.05, 0) is 48.1 Å². The molecule has 24 heavy (non-hydrogen) atoms. The fourth-order valence-electron chi connectivity index (χ4n) is 4.02. The van der Waals surface area contributed by atoms with Crippen LogP contribution in [-0.4, -0.2) is 24.3 Å². The van der Waals surface area contributed by atoms with Gasteiger partial charge in [-0.15, -0.1) is 0 Å². The normalized spacial score (nSPS) is 23.3. The van der Waals surface area contributed by atoms with E-state index in [0.29, 0.717) is 0 Å². The maximum absolute atomic E-state index is 10.3. The lowest BCUT2D eigenvalue weighted by molar-refractivity contribution is 0.140. The van der Waals surface area contributed by atoms with Gasteiger partial charge in [-0.3, -0.25) is 0 Å². The molecule has 1 aliphatic carbocycles. The minimum absolute atomic E-state index is 0.0444. The number of piperidine rings is 1. The first kappa shape index (κ1) is 15.7. The summed E-state index contributed by atoms with van der Waals surface area (Å²) < 4.78 is 0. The second kappa shape index (κ2) is 6.96. The van der Waals surface area contributed by atoms with E-state index in [1.54, 1.807) is 0 Å². The quantitative estimate of drug-likeness (QED) is 0.905. The monoisotopic (exact) mass is 322 g/mol. The van der Waals surface area contributed by atoms with Crippen molar-refractivity contribution in [1.29, 1.82) is 0 Å². The number of hydrogen-bond acceptors (Lipinski definition) is 3. The zero-order valence-electron chi connectivity index (χ0n) is 14.1. The Bertz CT molecular complexity index is 676. The lowest BCUT2D eigenvalue weighted by atomic mass is 10.1. The molecule has 2 aromatic rings. The van der Waals surface area contributed by atoms with Crippen molar-refractivity contribution in [1.82, 2.24) is 5.32 Å². The Labute approximate surface area is 144 Å². The fourth-order valence-corrected chi connectivity index (χ4v) is 4.02. The number of nitrogens with zero attached hydrogens (tertiary/aromatic N) is 1. The molecular weight excluding hydrogens is 296 g/mol. The maximum atomic E-state index is 10.3. The van der Waals surface area contributed by atoms with Crippen molar-refractivity contribution in [3.05, 3.63) is 65.2 Å². The van der Waals surface area contributed by atoms with Crippen LogP contribution >= 0.6 is 0 Å². The average Bonchev–Trinajstić information content (AvgIpc) is 2.96. The fraction of sp³-hybridized carbons (Fsp3) is 0.429. The van der Waals surface area contributed by atoms with E-state index in [4.69, 9.17) is 0 Å². The standard InChI is InChI=1S/C21H26N2O/c24-20-14-17-6-2-3-7-19(17)21(20)22-15-16-8-10-18(11-9-16)23-12-4-1-5-13-23/h2-3,6-11,20-22,24H,1,4-5,12-15H2/t20-,21+/m0/s1. The Hall–Kier alpha value is -1.84. The number of fused-ring (bicyclic) bond motifs is 1. The Kier molecular flexibility index (Phi) is 4.54. The number of aliphatic hydroxyl groups excluding tert-OH is 1. The first-order valence-electron chi connectivity index (χ1n) is 9.14. The van der Waals surface area contributed by atoms with E-state index in [2.05, 4.69) is 52.7 Å². The van der Waals surface area contributed by atoms with E-state index in [-0.39, 0.29) is 12.1 Å². The van der Waals surface area contributed by atoms with Gasteiger partial charge in [-0.25, -0.2) is 0 Å². The average molecular weight is 322 g/mol. The number of rotatable bonds is 4. The van der Waals surface area contributed by atoms with Gasteiger partial charge in [0.15, 0.2) is 0 Å². The summed E-state index contributed by atoms with van der Waals surface area (Å²) in [6, 6.07) is 17.3. The highest BCUT2D eigenvalue weighted by Gasteiger charge is 2.30. The summed E-state index contributed by atoms with van der Waals surface area (Å²) in [6.07, 6.45) is 4.41. The van der Waals surface area contributed by atoms with E-state index in [1.165, 1.54) is 54.7 Å². The Morgan fingerprint density at radius 2 is 1.71 bits per heavy atom. The number of benzene rings is 2. The molecule has 1 heterocycles. The lowest BCUT2D eigenvalue weighted by Crippen LogP contribution is -2.29. The molecule has 2 atom stereocenters. The number of aliphatic hydroxyl groups is 1. The van der Waals surface area contributed by atoms with Crippen LogP contribution in [0.3, 0.4) is 0 Å². The van der Waals surface area contributed by atoms with Crippen molar-refractivity contribution in [3.8, 4) is 0 Å². The van der Waals surface area contributed by atoms with Crippen molar-refractivity contribution in [2.45, 2.75) is 44.4 Å². The van der Waals surface area contributed by atoms with Crippen LogP contribution in [0.1, 0.15) is 42.0 Å². The van der Waals surface area contributed by atoms with Crippen molar-refractivity contribution in [2.75, 3.05) is 18.0 Å². The molecule has 2 N–H and O–H groups in total. The predicted molar refractivity (Wildman–Crippen MR) is 98.2 cm³/mol. The first-order chi connectivity index (χ1) is 11.8. The van der Waals surface area contributed by atoms with Crippen LogP contribution in [0.15, 0.2) is 48.5 Å². The summed E-state index contributed by atoms with van der Waals surface area (Å²) in [6.45, 7) is 3.15. The van der Waals surface area contributed by atoms with E-state index < -0.39 is 0 Å². The molecule has 0 bridgehead atoms. The molecule has 126 valence electrons. The molecule has 1 saturated heterocycles. The van der Waals surface area contributed by atoms with Gasteiger partial charge >= 0.3 is 0 Å². The van der Waals surface area contributed by atoms with Gasteiger partial charge in [0.2, 0.25) is 0 Å². The SMILES string of the molecule is O[C@H]1Cc2ccccc2[C@H]1NCc1ccc(N2CCCCC2)cc1. The number of hydrogen-bond donors (Lipinski definition) is 2. The Balaban J connectivity index is 1.39. The Morgan fingerprint density at radius 1 is 0.958 bits per heavy atom. The molecule has 2 aliphatic rings. The van der Waals surface area contributed by atoms with Gasteiger partial charge in [-0.1, -0.05) is 36.4 Å². The van der Waals surface area contributed by atoms with Crippen LogP contribution in [0, 0.1) is 0 Å². The molecule has 1 aliphatic heterocycles. The van der Waals surface area contributed by atoms with Gasteiger partial charge < -0.3 is 15.3 Å². The summed E-state index contributed by atoms with van der Waals surface area (Å²) in [7, 11) is 0. The highest BCUT2D eigenvalue weighted by molar-refractivity contribution is 5.48. The first-order valence-corrected chi connectivity index (χ1v) is 9.14. The molecule has 3 nitrogen and oxygen atoms in total. The van der Waals surface area contributed by atoms with Gasteiger partial charge in [0.1, 0.15) is 0 Å². The van der Waals surface area contributed by atoms with Crippen LogP contribution in [-0.2, 0) is 13.0 Å². The maximum Gasteiger partial charge on any atom is 0.0775 e. The minimum Gasteiger partial charge on any atom is -0.391 e. The van der Waals surface area contributed by atoms with Crippen LogP contribution in [0.4, 0.5) is 5.69 Å². The van der Waals surface area contributed by atoms with Crippen LogP contribution in [0.25, 0.3) is 0 Å². The van der Waals surface area contributed by atoms with Gasteiger partial charge in [-0.2, -0.15) is 0 Å². The highest BCUT2D eigenvalue weighted by Crippen LogP contribution is 2.31. The van der Waals surface area contributed by atoms with Crippen LogP contribution in [0.5, 0.6) is 0 Å². The van der Waals surface area contributed by atoms with Gasteiger partial charge in [0.25, 0.3) is 0 Å². The van der Waals surface area contributed by atoms with E-state index in [0.717, 1.165) is 13.0 Å². The topological polar surface area (TPSA) is 35.5 Å². The summed E-state index contributed by atoms with van der Waals surface area (Å²) in [4.78, 5) is 2.48. The third-order valence-corrected chi connectivity index (χ3v) is 5.39.